The second kappa shape index (κ2) is 7.12. The maximum absolute atomic E-state index is 12.8. The molecule has 2 N–H and O–H groups in total. The van der Waals surface area contributed by atoms with Crippen molar-refractivity contribution in [3.8, 4) is 5.69 Å². The number of aromatic nitrogens is 3. The number of benzene rings is 1. The van der Waals surface area contributed by atoms with Crippen LogP contribution in [-0.4, -0.2) is 44.9 Å². The molecule has 2 fully saturated rings. The second-order valence-corrected chi connectivity index (χ2v) is 6.97. The van der Waals surface area contributed by atoms with Crippen LogP contribution in [-0.2, 0) is 6.18 Å². The molecule has 2 heterocycles. The number of hydrogen-bond acceptors (Lipinski definition) is 4. The highest BCUT2D eigenvalue weighted by atomic mass is 35.5. The number of alkyl halides is 3. The summed E-state index contributed by atoms with van der Waals surface area (Å²) in [5.74, 6) is 0.481. The lowest BCUT2D eigenvalue weighted by atomic mass is 9.98. The van der Waals surface area contributed by atoms with Gasteiger partial charge in [0.2, 0.25) is 0 Å². The predicted octanol–water partition coefficient (Wildman–Crippen LogP) is 2.52. The van der Waals surface area contributed by atoms with Crippen molar-refractivity contribution in [1.82, 2.24) is 19.9 Å². The fourth-order valence-electron chi connectivity index (χ4n) is 3.95. The lowest BCUT2D eigenvalue weighted by molar-refractivity contribution is -0.137. The molecule has 146 valence electrons. The van der Waals surface area contributed by atoms with Gasteiger partial charge < -0.3 is 10.6 Å². The lowest BCUT2D eigenvalue weighted by Crippen LogP contribution is -2.33. The Morgan fingerprint density at radius 1 is 1.22 bits per heavy atom. The van der Waals surface area contributed by atoms with Crippen LogP contribution in [0.15, 0.2) is 30.5 Å². The van der Waals surface area contributed by atoms with E-state index in [-0.39, 0.29) is 35.7 Å². The third-order valence-electron chi connectivity index (χ3n) is 5.35. The van der Waals surface area contributed by atoms with Crippen LogP contribution in [0, 0.1) is 11.8 Å². The molecule has 1 amide bonds. The van der Waals surface area contributed by atoms with Crippen molar-refractivity contribution >= 4 is 18.3 Å². The van der Waals surface area contributed by atoms with Crippen LogP contribution >= 0.6 is 12.4 Å². The molecule has 0 bridgehead atoms. The van der Waals surface area contributed by atoms with Gasteiger partial charge >= 0.3 is 6.18 Å². The number of fused-ring (bicyclic) bond motifs is 1. The van der Waals surface area contributed by atoms with Crippen molar-refractivity contribution in [2.45, 2.75) is 25.1 Å². The van der Waals surface area contributed by atoms with E-state index in [1.54, 1.807) is 4.90 Å². The van der Waals surface area contributed by atoms with Crippen LogP contribution < -0.4 is 5.73 Å². The summed E-state index contributed by atoms with van der Waals surface area (Å²) in [5.41, 5.74) is 5.63. The number of rotatable bonds is 2. The van der Waals surface area contributed by atoms with E-state index >= 15 is 0 Å². The first-order valence-electron chi connectivity index (χ1n) is 8.48. The van der Waals surface area contributed by atoms with Gasteiger partial charge in [-0.25, -0.2) is 4.68 Å². The van der Waals surface area contributed by atoms with E-state index in [0.29, 0.717) is 24.9 Å². The van der Waals surface area contributed by atoms with Gasteiger partial charge in [0.05, 0.1) is 17.4 Å². The first-order valence-corrected chi connectivity index (χ1v) is 8.48. The summed E-state index contributed by atoms with van der Waals surface area (Å²) >= 11 is 0. The van der Waals surface area contributed by atoms with Gasteiger partial charge in [-0.3, -0.25) is 4.79 Å². The van der Waals surface area contributed by atoms with Gasteiger partial charge in [-0.05, 0) is 42.9 Å². The molecule has 1 aliphatic heterocycles. The SMILES string of the molecule is Cl.NC1CCC2CN(C(=O)c3cn(-c4cccc(C(F)(F)F)c4)nn3)CC12. The fraction of sp³-hybridized carbons (Fsp3) is 0.471. The molecule has 10 heteroatoms. The Labute approximate surface area is 159 Å². The minimum atomic E-state index is -4.44. The Balaban J connectivity index is 0.00000210. The standard InChI is InChI=1S/C17H18F3N5O.ClH/c18-17(19,20)11-2-1-3-12(6-11)25-9-15(22-23-25)16(26)24-7-10-4-5-14(21)13(10)8-24;/h1-3,6,9-10,13-14H,4-5,7-8,21H2;1H. The quantitative estimate of drug-likeness (QED) is 0.838. The monoisotopic (exact) mass is 401 g/mol. The summed E-state index contributed by atoms with van der Waals surface area (Å²) in [6.07, 6.45) is -1.07. The van der Waals surface area contributed by atoms with Gasteiger partial charge in [-0.2, -0.15) is 13.2 Å². The summed E-state index contributed by atoms with van der Waals surface area (Å²) in [6.45, 7) is 1.24. The largest absolute Gasteiger partial charge is 0.416 e. The molecule has 1 saturated heterocycles. The average Bonchev–Trinajstić information content (AvgIpc) is 3.31. The van der Waals surface area contributed by atoms with E-state index in [9.17, 15) is 18.0 Å². The molecule has 1 aliphatic carbocycles. The van der Waals surface area contributed by atoms with Gasteiger partial charge in [0.1, 0.15) is 0 Å². The predicted molar refractivity (Wildman–Crippen MR) is 93.7 cm³/mol. The van der Waals surface area contributed by atoms with Gasteiger partial charge in [-0.15, -0.1) is 17.5 Å². The molecular weight excluding hydrogens is 383 g/mol. The molecule has 0 radical (unpaired) electrons. The first-order chi connectivity index (χ1) is 12.3. The van der Waals surface area contributed by atoms with Gasteiger partial charge in [0.25, 0.3) is 5.91 Å². The van der Waals surface area contributed by atoms with Crippen LogP contribution in [0.25, 0.3) is 5.69 Å². The maximum Gasteiger partial charge on any atom is 0.416 e. The molecule has 6 nitrogen and oxygen atoms in total. The molecule has 2 aliphatic rings. The number of amides is 1. The van der Waals surface area contributed by atoms with Crippen molar-refractivity contribution < 1.29 is 18.0 Å². The zero-order valence-electron chi connectivity index (χ0n) is 14.3. The van der Waals surface area contributed by atoms with E-state index in [0.717, 1.165) is 25.0 Å². The van der Waals surface area contributed by atoms with Gasteiger partial charge in [-0.1, -0.05) is 11.3 Å². The van der Waals surface area contributed by atoms with Crippen LogP contribution in [0.4, 0.5) is 13.2 Å². The minimum Gasteiger partial charge on any atom is -0.337 e. The number of carbonyl (C=O) groups is 1. The molecule has 3 unspecified atom stereocenters. The number of halogens is 4. The number of carbonyl (C=O) groups excluding carboxylic acids is 1. The zero-order valence-corrected chi connectivity index (χ0v) is 15.1. The van der Waals surface area contributed by atoms with Crippen molar-refractivity contribution in [3.63, 3.8) is 0 Å². The zero-order chi connectivity index (χ0) is 18.5. The smallest absolute Gasteiger partial charge is 0.337 e. The summed E-state index contributed by atoms with van der Waals surface area (Å²) < 4.78 is 39.7. The molecule has 2 aromatic rings. The molecule has 1 aromatic carbocycles. The van der Waals surface area contributed by atoms with Crippen LogP contribution in [0.1, 0.15) is 28.9 Å². The summed E-state index contributed by atoms with van der Waals surface area (Å²) in [7, 11) is 0. The van der Waals surface area contributed by atoms with Crippen LogP contribution in [0.5, 0.6) is 0 Å². The number of nitrogens with zero attached hydrogens (tertiary/aromatic N) is 4. The van der Waals surface area contributed by atoms with E-state index in [1.165, 1.54) is 23.0 Å². The Hall–Kier alpha value is -2.13. The highest BCUT2D eigenvalue weighted by Gasteiger charge is 2.43. The Bertz CT molecular complexity index is 840. The Morgan fingerprint density at radius 3 is 2.70 bits per heavy atom. The Morgan fingerprint density at radius 2 is 2.00 bits per heavy atom. The normalized spacial score (nSPS) is 24.6. The number of likely N-dealkylation sites (tertiary alicyclic amines) is 1. The van der Waals surface area contributed by atoms with Crippen molar-refractivity contribution in [2.75, 3.05) is 13.1 Å². The molecular formula is C17H19ClF3N5O. The highest BCUT2D eigenvalue weighted by molar-refractivity contribution is 5.92. The third kappa shape index (κ3) is 3.66. The van der Waals surface area contributed by atoms with E-state index in [4.69, 9.17) is 5.73 Å². The number of hydrogen-bond donors (Lipinski definition) is 1. The summed E-state index contributed by atoms with van der Waals surface area (Å²) in [4.78, 5) is 14.4. The maximum atomic E-state index is 12.8. The van der Waals surface area contributed by atoms with Crippen LogP contribution in [0.2, 0.25) is 0 Å². The van der Waals surface area contributed by atoms with Crippen molar-refractivity contribution in [3.05, 3.63) is 41.7 Å². The molecule has 1 saturated carbocycles. The number of nitrogens with two attached hydrogens (primary N) is 1. The van der Waals surface area contributed by atoms with E-state index < -0.39 is 11.7 Å². The molecule has 1 aromatic heterocycles. The first kappa shape index (κ1) is 19.6. The molecule has 27 heavy (non-hydrogen) atoms. The lowest BCUT2D eigenvalue weighted by Gasteiger charge is -2.17. The molecule has 3 atom stereocenters. The third-order valence-corrected chi connectivity index (χ3v) is 5.35. The topological polar surface area (TPSA) is 77.0 Å². The second-order valence-electron chi connectivity index (χ2n) is 6.97. The van der Waals surface area contributed by atoms with Crippen molar-refractivity contribution in [2.24, 2.45) is 17.6 Å². The van der Waals surface area contributed by atoms with E-state index in [2.05, 4.69) is 10.3 Å². The molecule has 4 rings (SSSR count). The fourth-order valence-corrected chi connectivity index (χ4v) is 3.95. The average molecular weight is 402 g/mol. The summed E-state index contributed by atoms with van der Waals surface area (Å²) in [6, 6.07) is 4.86. The van der Waals surface area contributed by atoms with Crippen molar-refractivity contribution in [1.29, 1.82) is 0 Å². The minimum absolute atomic E-state index is 0. The van der Waals surface area contributed by atoms with Crippen LogP contribution in [0.3, 0.4) is 0 Å². The summed E-state index contributed by atoms with van der Waals surface area (Å²) in [5, 5.41) is 7.67. The highest BCUT2D eigenvalue weighted by Crippen LogP contribution is 2.37. The molecule has 0 spiro atoms. The van der Waals surface area contributed by atoms with Gasteiger partial charge in [0.15, 0.2) is 5.69 Å². The van der Waals surface area contributed by atoms with E-state index in [1.807, 2.05) is 0 Å². The van der Waals surface area contributed by atoms with Gasteiger partial charge in [0, 0.05) is 19.1 Å². The Kier molecular flexibility index (Phi) is 5.18.